The predicted molar refractivity (Wildman–Crippen MR) is 77.2 cm³/mol. The van der Waals surface area contributed by atoms with Gasteiger partial charge in [-0.3, -0.25) is 5.43 Å². The molecule has 1 atom stereocenters. The molecule has 1 aliphatic heterocycles. The molecule has 1 unspecified atom stereocenters. The molecule has 0 bridgehead atoms. The van der Waals surface area contributed by atoms with Crippen molar-refractivity contribution in [2.45, 2.75) is 32.7 Å². The number of anilines is 3. The molecule has 0 spiro atoms. The lowest BCUT2D eigenvalue weighted by molar-refractivity contribution is 0.486. The van der Waals surface area contributed by atoms with Crippen LogP contribution in [-0.4, -0.2) is 41.6 Å². The van der Waals surface area contributed by atoms with Crippen LogP contribution in [0.4, 0.5) is 17.8 Å². The van der Waals surface area contributed by atoms with Gasteiger partial charge in [-0.1, -0.05) is 13.8 Å². The molecule has 0 amide bonds. The fourth-order valence-electron chi connectivity index (χ4n) is 2.48. The molecule has 0 aliphatic carbocycles. The van der Waals surface area contributed by atoms with E-state index in [0.717, 1.165) is 6.54 Å². The van der Waals surface area contributed by atoms with E-state index in [0.29, 0.717) is 29.8 Å². The molecule has 0 saturated carbocycles. The summed E-state index contributed by atoms with van der Waals surface area (Å²) in [6.07, 6.45) is 2.36. The molecule has 0 aromatic carbocycles. The van der Waals surface area contributed by atoms with Crippen LogP contribution in [0.3, 0.4) is 0 Å². The van der Waals surface area contributed by atoms with Crippen molar-refractivity contribution in [3.8, 4) is 0 Å². The van der Waals surface area contributed by atoms with Crippen LogP contribution >= 0.6 is 0 Å². The first-order valence-electron chi connectivity index (χ1n) is 6.69. The van der Waals surface area contributed by atoms with Gasteiger partial charge in [-0.05, 0) is 18.8 Å². The highest BCUT2D eigenvalue weighted by atomic mass is 15.4. The van der Waals surface area contributed by atoms with Crippen LogP contribution in [0.1, 0.15) is 26.7 Å². The number of aromatic nitrogens is 3. The largest absolute Gasteiger partial charge is 0.347 e. The highest BCUT2D eigenvalue weighted by molar-refractivity contribution is 5.45. The van der Waals surface area contributed by atoms with Crippen LogP contribution < -0.4 is 21.1 Å². The van der Waals surface area contributed by atoms with Gasteiger partial charge in [0.25, 0.3) is 0 Å². The quantitative estimate of drug-likeness (QED) is 0.616. The van der Waals surface area contributed by atoms with Crippen molar-refractivity contribution in [1.29, 1.82) is 0 Å². The maximum Gasteiger partial charge on any atom is 0.243 e. The first-order valence-corrected chi connectivity index (χ1v) is 6.69. The lowest BCUT2D eigenvalue weighted by Crippen LogP contribution is -2.35. The SMILES string of the molecule is CC(C)C1CCCN1c1nc(NN)nc(N(C)C)n1. The van der Waals surface area contributed by atoms with Gasteiger partial charge in [0.05, 0.1) is 0 Å². The summed E-state index contributed by atoms with van der Waals surface area (Å²) < 4.78 is 0. The van der Waals surface area contributed by atoms with Gasteiger partial charge in [-0.2, -0.15) is 15.0 Å². The van der Waals surface area contributed by atoms with Gasteiger partial charge >= 0.3 is 0 Å². The maximum atomic E-state index is 5.44. The van der Waals surface area contributed by atoms with Gasteiger partial charge in [0.15, 0.2) is 0 Å². The average molecular weight is 265 g/mol. The smallest absolute Gasteiger partial charge is 0.243 e. The van der Waals surface area contributed by atoms with E-state index >= 15 is 0 Å². The molecule has 2 heterocycles. The summed E-state index contributed by atoms with van der Waals surface area (Å²) in [5.41, 5.74) is 2.51. The minimum absolute atomic E-state index is 0.406. The van der Waals surface area contributed by atoms with E-state index < -0.39 is 0 Å². The lowest BCUT2D eigenvalue weighted by Gasteiger charge is -2.28. The molecular formula is C12H23N7. The van der Waals surface area contributed by atoms with E-state index in [1.807, 2.05) is 19.0 Å². The average Bonchev–Trinajstić information content (AvgIpc) is 2.87. The van der Waals surface area contributed by atoms with Crippen molar-refractivity contribution in [2.24, 2.45) is 11.8 Å². The minimum atomic E-state index is 0.406. The van der Waals surface area contributed by atoms with Gasteiger partial charge in [0.1, 0.15) is 0 Å². The molecule has 1 aromatic rings. The number of nitrogens with two attached hydrogens (primary N) is 1. The van der Waals surface area contributed by atoms with Crippen molar-refractivity contribution >= 4 is 17.8 Å². The third-order valence-electron chi connectivity index (χ3n) is 3.47. The molecule has 19 heavy (non-hydrogen) atoms. The van der Waals surface area contributed by atoms with E-state index in [2.05, 4.69) is 39.1 Å². The number of nitrogens with one attached hydrogen (secondary N) is 1. The molecule has 1 aromatic heterocycles. The van der Waals surface area contributed by atoms with Crippen LogP contribution in [0, 0.1) is 5.92 Å². The van der Waals surface area contributed by atoms with Crippen LogP contribution in [0.2, 0.25) is 0 Å². The van der Waals surface area contributed by atoms with Crippen LogP contribution in [0.25, 0.3) is 0 Å². The van der Waals surface area contributed by atoms with E-state index in [1.165, 1.54) is 12.8 Å². The predicted octanol–water partition coefficient (Wildman–Crippen LogP) is 0.848. The molecular weight excluding hydrogens is 242 g/mol. The molecule has 7 nitrogen and oxygen atoms in total. The monoisotopic (exact) mass is 265 g/mol. The Hall–Kier alpha value is -1.63. The van der Waals surface area contributed by atoms with Crippen LogP contribution in [0.15, 0.2) is 0 Å². The first kappa shape index (κ1) is 13.8. The van der Waals surface area contributed by atoms with E-state index in [1.54, 1.807) is 0 Å². The molecule has 1 aliphatic rings. The second-order valence-electron chi connectivity index (χ2n) is 5.44. The molecule has 7 heteroatoms. The zero-order valence-corrected chi connectivity index (χ0v) is 12.1. The molecule has 3 N–H and O–H groups in total. The normalized spacial score (nSPS) is 19.1. The van der Waals surface area contributed by atoms with E-state index in [4.69, 9.17) is 5.84 Å². The van der Waals surface area contributed by atoms with Gasteiger partial charge in [0.2, 0.25) is 17.8 Å². The van der Waals surface area contributed by atoms with Crippen molar-refractivity contribution < 1.29 is 0 Å². The van der Waals surface area contributed by atoms with Crippen molar-refractivity contribution in [3.05, 3.63) is 0 Å². The Morgan fingerprint density at radius 1 is 1.32 bits per heavy atom. The Bertz CT molecular complexity index is 432. The van der Waals surface area contributed by atoms with E-state index in [9.17, 15) is 0 Å². The zero-order valence-electron chi connectivity index (χ0n) is 12.1. The maximum absolute atomic E-state index is 5.44. The second kappa shape index (κ2) is 5.56. The number of nitrogen functional groups attached to an aromatic ring is 1. The van der Waals surface area contributed by atoms with Gasteiger partial charge in [0, 0.05) is 26.7 Å². The Morgan fingerprint density at radius 2 is 2.05 bits per heavy atom. The van der Waals surface area contributed by atoms with Gasteiger partial charge in [-0.15, -0.1) is 0 Å². The number of hydrogen-bond acceptors (Lipinski definition) is 7. The first-order chi connectivity index (χ1) is 9.02. The topological polar surface area (TPSA) is 83.2 Å². The van der Waals surface area contributed by atoms with Crippen molar-refractivity contribution in [3.63, 3.8) is 0 Å². The summed E-state index contributed by atoms with van der Waals surface area (Å²) in [6, 6.07) is 0.489. The van der Waals surface area contributed by atoms with Gasteiger partial charge < -0.3 is 9.80 Å². The summed E-state index contributed by atoms with van der Waals surface area (Å²) in [4.78, 5) is 17.3. The number of hydrogen-bond donors (Lipinski definition) is 2. The molecule has 1 saturated heterocycles. The summed E-state index contributed by atoms with van der Waals surface area (Å²) in [6.45, 7) is 5.46. The summed E-state index contributed by atoms with van der Waals surface area (Å²) >= 11 is 0. The highest BCUT2D eigenvalue weighted by Gasteiger charge is 2.29. The zero-order chi connectivity index (χ0) is 14.0. The molecule has 1 fully saturated rings. The second-order valence-corrected chi connectivity index (χ2v) is 5.44. The third-order valence-corrected chi connectivity index (χ3v) is 3.47. The Morgan fingerprint density at radius 3 is 2.63 bits per heavy atom. The summed E-state index contributed by atoms with van der Waals surface area (Å²) in [5, 5.41) is 0. The van der Waals surface area contributed by atoms with Crippen molar-refractivity contribution in [1.82, 2.24) is 15.0 Å². The fraction of sp³-hybridized carbons (Fsp3) is 0.750. The Balaban J connectivity index is 2.35. The van der Waals surface area contributed by atoms with Crippen molar-refractivity contribution in [2.75, 3.05) is 35.9 Å². The molecule has 2 rings (SSSR count). The highest BCUT2D eigenvalue weighted by Crippen LogP contribution is 2.28. The summed E-state index contributed by atoms with van der Waals surface area (Å²) in [7, 11) is 3.81. The Labute approximate surface area is 114 Å². The number of nitrogens with zero attached hydrogens (tertiary/aromatic N) is 5. The van der Waals surface area contributed by atoms with E-state index in [-0.39, 0.29) is 0 Å². The molecule has 106 valence electrons. The summed E-state index contributed by atoms with van der Waals surface area (Å²) in [5.74, 6) is 7.76. The molecule has 0 radical (unpaired) electrons. The van der Waals surface area contributed by atoms with Crippen LogP contribution in [0.5, 0.6) is 0 Å². The lowest BCUT2D eigenvalue weighted by atomic mass is 10.0. The standard InChI is InChI=1S/C12H23N7/c1-8(2)9-6-5-7-19(9)12-15-10(17-13)14-11(16-12)18(3)4/h8-9H,5-7,13H2,1-4H3,(H,14,15,16,17). The fourth-order valence-corrected chi connectivity index (χ4v) is 2.48. The Kier molecular flexibility index (Phi) is 4.04. The third kappa shape index (κ3) is 2.86. The van der Waals surface area contributed by atoms with Crippen LogP contribution in [-0.2, 0) is 0 Å². The number of hydrazine groups is 1. The minimum Gasteiger partial charge on any atom is -0.347 e. The van der Waals surface area contributed by atoms with Gasteiger partial charge in [-0.25, -0.2) is 5.84 Å². The number of rotatable bonds is 4.